The Morgan fingerprint density at radius 3 is 2.42 bits per heavy atom. The van der Waals surface area contributed by atoms with Crippen molar-refractivity contribution >= 4 is 11.0 Å². The molecule has 1 N–H and O–H groups in total. The van der Waals surface area contributed by atoms with E-state index in [1.165, 1.54) is 27.8 Å². The van der Waals surface area contributed by atoms with Crippen molar-refractivity contribution in [3.8, 4) is 11.4 Å². The molecule has 0 amide bonds. The second-order valence-electron chi connectivity index (χ2n) is 5.29. The first kappa shape index (κ1) is 12.0. The molecule has 0 bridgehead atoms. The lowest BCUT2D eigenvalue weighted by molar-refractivity contribution is 1.27. The molecule has 3 rings (SSSR count). The minimum absolute atomic E-state index is 0.959. The van der Waals surface area contributed by atoms with Gasteiger partial charge in [-0.2, -0.15) is 0 Å². The van der Waals surface area contributed by atoms with Gasteiger partial charge in [-0.3, -0.25) is 0 Å². The minimum Gasteiger partial charge on any atom is -0.338 e. The predicted octanol–water partition coefficient (Wildman–Crippen LogP) is 4.46. The number of H-pyrrole nitrogens is 1. The van der Waals surface area contributed by atoms with Gasteiger partial charge in [-0.1, -0.05) is 18.2 Å². The van der Waals surface area contributed by atoms with Crippen LogP contribution in [0, 0.1) is 27.7 Å². The summed E-state index contributed by atoms with van der Waals surface area (Å²) in [5.41, 5.74) is 8.50. The van der Waals surface area contributed by atoms with Gasteiger partial charge in [-0.15, -0.1) is 0 Å². The van der Waals surface area contributed by atoms with Crippen LogP contribution in [0.2, 0.25) is 0 Å². The molecule has 0 fully saturated rings. The third-order valence-corrected chi connectivity index (χ3v) is 3.96. The summed E-state index contributed by atoms with van der Waals surface area (Å²) in [7, 11) is 0. The van der Waals surface area contributed by atoms with Gasteiger partial charge in [0.05, 0.1) is 11.0 Å². The van der Waals surface area contributed by atoms with E-state index in [-0.39, 0.29) is 0 Å². The number of aryl methyl sites for hydroxylation is 3. The van der Waals surface area contributed by atoms with Crippen molar-refractivity contribution in [2.75, 3.05) is 0 Å². The first-order valence-electron chi connectivity index (χ1n) is 6.60. The summed E-state index contributed by atoms with van der Waals surface area (Å²) in [6.07, 6.45) is 0. The fourth-order valence-corrected chi connectivity index (χ4v) is 2.40. The summed E-state index contributed by atoms with van der Waals surface area (Å²) in [6, 6.07) is 10.7. The number of hydrogen-bond acceptors (Lipinski definition) is 1. The molecule has 3 aromatic rings. The Morgan fingerprint density at radius 2 is 1.63 bits per heavy atom. The van der Waals surface area contributed by atoms with E-state index in [1.54, 1.807) is 0 Å². The molecule has 1 heterocycles. The zero-order valence-corrected chi connectivity index (χ0v) is 11.8. The molecule has 0 unspecified atom stereocenters. The first-order chi connectivity index (χ1) is 9.06. The summed E-state index contributed by atoms with van der Waals surface area (Å²) in [5, 5.41) is 0. The molecule has 2 aromatic carbocycles. The topological polar surface area (TPSA) is 28.7 Å². The fourth-order valence-electron chi connectivity index (χ4n) is 2.40. The van der Waals surface area contributed by atoms with E-state index in [0.717, 1.165) is 16.9 Å². The van der Waals surface area contributed by atoms with Crippen LogP contribution in [0.5, 0.6) is 0 Å². The molecule has 0 spiro atoms. The van der Waals surface area contributed by atoms with Gasteiger partial charge < -0.3 is 4.98 Å². The van der Waals surface area contributed by atoms with Gasteiger partial charge >= 0.3 is 0 Å². The molecule has 19 heavy (non-hydrogen) atoms. The molecular formula is C17H18N2. The van der Waals surface area contributed by atoms with Crippen LogP contribution < -0.4 is 0 Å². The summed E-state index contributed by atoms with van der Waals surface area (Å²) in [6.45, 7) is 8.54. The van der Waals surface area contributed by atoms with E-state index in [1.807, 2.05) is 0 Å². The van der Waals surface area contributed by atoms with Crippen LogP contribution in [0.25, 0.3) is 22.4 Å². The second-order valence-corrected chi connectivity index (χ2v) is 5.29. The molecule has 0 saturated carbocycles. The maximum Gasteiger partial charge on any atom is 0.138 e. The zero-order chi connectivity index (χ0) is 13.6. The quantitative estimate of drug-likeness (QED) is 0.678. The number of fused-ring (bicyclic) bond motifs is 1. The van der Waals surface area contributed by atoms with Gasteiger partial charge in [0.2, 0.25) is 0 Å². The lowest BCUT2D eigenvalue weighted by Gasteiger charge is -2.05. The van der Waals surface area contributed by atoms with Gasteiger partial charge in [-0.05, 0) is 62.1 Å². The Balaban J connectivity index is 2.23. The molecule has 0 aliphatic rings. The van der Waals surface area contributed by atoms with Crippen molar-refractivity contribution in [1.29, 1.82) is 0 Å². The predicted molar refractivity (Wildman–Crippen MR) is 80.5 cm³/mol. The van der Waals surface area contributed by atoms with Gasteiger partial charge in [0.1, 0.15) is 5.82 Å². The maximum absolute atomic E-state index is 4.73. The average molecular weight is 250 g/mol. The number of imidazole rings is 1. The summed E-state index contributed by atoms with van der Waals surface area (Å²) >= 11 is 0. The first-order valence-corrected chi connectivity index (χ1v) is 6.60. The van der Waals surface area contributed by atoms with Gasteiger partial charge in [0.25, 0.3) is 0 Å². The van der Waals surface area contributed by atoms with Crippen LogP contribution in [0.3, 0.4) is 0 Å². The Morgan fingerprint density at radius 1 is 0.895 bits per heavy atom. The molecule has 0 aliphatic carbocycles. The van der Waals surface area contributed by atoms with Crippen molar-refractivity contribution in [1.82, 2.24) is 9.97 Å². The van der Waals surface area contributed by atoms with Gasteiger partial charge in [0.15, 0.2) is 0 Å². The maximum atomic E-state index is 4.73. The van der Waals surface area contributed by atoms with E-state index < -0.39 is 0 Å². The van der Waals surface area contributed by atoms with E-state index in [2.05, 4.69) is 63.0 Å². The van der Waals surface area contributed by atoms with Gasteiger partial charge in [-0.25, -0.2) is 4.98 Å². The van der Waals surface area contributed by atoms with Crippen molar-refractivity contribution in [3.63, 3.8) is 0 Å². The minimum atomic E-state index is 0.959. The lowest BCUT2D eigenvalue weighted by Crippen LogP contribution is -1.88. The van der Waals surface area contributed by atoms with Crippen LogP contribution in [0.1, 0.15) is 22.3 Å². The van der Waals surface area contributed by atoms with Crippen LogP contribution >= 0.6 is 0 Å². The van der Waals surface area contributed by atoms with Gasteiger partial charge in [0, 0.05) is 5.56 Å². The van der Waals surface area contributed by atoms with Crippen molar-refractivity contribution in [3.05, 3.63) is 52.6 Å². The standard InChI is InChI=1S/C17H18N2/c1-10-6-5-7-14(13(10)4)17-18-15-8-11(2)12(3)9-16(15)19-17/h5-9H,1-4H3,(H,18,19). The van der Waals surface area contributed by atoms with Crippen LogP contribution in [0.15, 0.2) is 30.3 Å². The third kappa shape index (κ3) is 1.93. The monoisotopic (exact) mass is 250 g/mol. The molecule has 0 atom stereocenters. The summed E-state index contributed by atoms with van der Waals surface area (Å²) < 4.78 is 0. The van der Waals surface area contributed by atoms with Crippen molar-refractivity contribution in [2.24, 2.45) is 0 Å². The smallest absolute Gasteiger partial charge is 0.138 e. The number of nitrogens with zero attached hydrogens (tertiary/aromatic N) is 1. The number of benzene rings is 2. The molecule has 2 heteroatoms. The normalized spacial score (nSPS) is 11.2. The largest absolute Gasteiger partial charge is 0.338 e. The fraction of sp³-hybridized carbons (Fsp3) is 0.235. The Labute approximate surface area is 113 Å². The van der Waals surface area contributed by atoms with Crippen LogP contribution in [-0.4, -0.2) is 9.97 Å². The number of aromatic nitrogens is 2. The molecule has 1 aromatic heterocycles. The number of rotatable bonds is 1. The highest BCUT2D eigenvalue weighted by Gasteiger charge is 2.09. The number of nitrogens with one attached hydrogen (secondary N) is 1. The summed E-state index contributed by atoms with van der Waals surface area (Å²) in [4.78, 5) is 8.17. The molecule has 96 valence electrons. The van der Waals surface area contributed by atoms with E-state index in [4.69, 9.17) is 4.98 Å². The highest BCUT2D eigenvalue weighted by atomic mass is 14.9. The highest BCUT2D eigenvalue weighted by Crippen LogP contribution is 2.26. The third-order valence-electron chi connectivity index (χ3n) is 3.96. The molecule has 2 nitrogen and oxygen atoms in total. The Kier molecular flexibility index (Phi) is 2.67. The SMILES string of the molecule is Cc1cc2nc(-c3cccc(C)c3C)[nH]c2cc1C. The number of hydrogen-bond donors (Lipinski definition) is 1. The van der Waals surface area contributed by atoms with Crippen LogP contribution in [0.4, 0.5) is 0 Å². The molecule has 0 aliphatic heterocycles. The Bertz CT molecular complexity index is 727. The zero-order valence-electron chi connectivity index (χ0n) is 11.8. The lowest BCUT2D eigenvalue weighted by atomic mass is 10.0. The van der Waals surface area contributed by atoms with Crippen molar-refractivity contribution in [2.45, 2.75) is 27.7 Å². The average Bonchev–Trinajstić information content (AvgIpc) is 2.76. The number of aromatic amines is 1. The summed E-state index contributed by atoms with van der Waals surface area (Å²) in [5.74, 6) is 0.959. The van der Waals surface area contributed by atoms with E-state index in [9.17, 15) is 0 Å². The molecule has 0 radical (unpaired) electrons. The second kappa shape index (κ2) is 4.23. The Hall–Kier alpha value is -2.09. The van der Waals surface area contributed by atoms with Crippen molar-refractivity contribution < 1.29 is 0 Å². The molecule has 0 saturated heterocycles. The van der Waals surface area contributed by atoms with E-state index in [0.29, 0.717) is 0 Å². The highest BCUT2D eigenvalue weighted by molar-refractivity contribution is 5.81. The molecular weight excluding hydrogens is 232 g/mol. The van der Waals surface area contributed by atoms with Crippen LogP contribution in [-0.2, 0) is 0 Å². The van der Waals surface area contributed by atoms with E-state index >= 15 is 0 Å².